The number of alkyl halides is 8. The van der Waals surface area contributed by atoms with Crippen molar-refractivity contribution in [2.75, 3.05) is 0 Å². The molecule has 288 valence electrons. The SMILES string of the molecule is Cn1c2cc(/C(=C(\C#N)C3=C(F)C(F)NC(F)=C3F)C(F)(F)F)sc2c2sc3c4sc(/C(=C(\C=N)C5=C(F)C(F)NC(F)=C5F)C(F)(F)F)cc4n(C)c3c21. The quantitative estimate of drug-likeness (QED) is 0.0713. The summed E-state index contributed by atoms with van der Waals surface area (Å²) < 4.78 is 206. The van der Waals surface area contributed by atoms with Crippen molar-refractivity contribution in [1.82, 2.24) is 19.8 Å². The molecule has 5 aromatic heterocycles. The van der Waals surface area contributed by atoms with Crippen molar-refractivity contribution in [3.8, 4) is 6.07 Å². The molecule has 0 aliphatic carbocycles. The molecule has 5 aromatic rings. The van der Waals surface area contributed by atoms with Crippen molar-refractivity contribution in [3.05, 3.63) is 79.4 Å². The molecule has 7 rings (SSSR count). The highest BCUT2D eigenvalue weighted by Gasteiger charge is 2.45. The topological polar surface area (TPSA) is 81.6 Å². The van der Waals surface area contributed by atoms with Gasteiger partial charge in [-0.25, -0.2) is 26.3 Å². The average Bonchev–Trinajstić information content (AvgIpc) is 3.89. The van der Waals surface area contributed by atoms with Gasteiger partial charge in [-0.15, -0.1) is 34.0 Å². The molecule has 0 fully saturated rings. The van der Waals surface area contributed by atoms with Crippen LogP contribution >= 0.6 is 34.0 Å². The summed E-state index contributed by atoms with van der Waals surface area (Å²) in [5.41, 5.74) is -9.63. The van der Waals surface area contributed by atoms with E-state index < -0.39 is 103 Å². The summed E-state index contributed by atoms with van der Waals surface area (Å²) >= 11 is 1.74. The first-order valence-corrected chi connectivity index (χ1v) is 17.3. The molecule has 2 aliphatic heterocycles. The first-order valence-electron chi connectivity index (χ1n) is 14.8. The summed E-state index contributed by atoms with van der Waals surface area (Å²) in [6.45, 7) is 0. The molecular weight excluding hydrogens is 831 g/mol. The minimum absolute atomic E-state index is 0.0955. The Kier molecular flexibility index (Phi) is 8.85. The third-order valence-electron chi connectivity index (χ3n) is 8.70. The van der Waals surface area contributed by atoms with Crippen LogP contribution in [0.15, 0.2) is 69.6 Å². The highest BCUT2D eigenvalue weighted by atomic mass is 32.1. The number of dihydropyridines is 2. The van der Waals surface area contributed by atoms with Gasteiger partial charge in [-0.2, -0.15) is 40.4 Å². The maximum atomic E-state index is 14.7. The number of hydrogen-bond acceptors (Lipinski definition) is 7. The van der Waals surface area contributed by atoms with E-state index in [9.17, 15) is 66.7 Å². The molecule has 0 spiro atoms. The Morgan fingerprint density at radius 2 is 1.13 bits per heavy atom. The largest absolute Gasteiger partial charge is 0.419 e. The summed E-state index contributed by atoms with van der Waals surface area (Å²) in [4.78, 5) is -1.49. The number of fused-ring (bicyclic) bond motifs is 7. The van der Waals surface area contributed by atoms with Gasteiger partial charge in [0.1, 0.15) is 6.07 Å². The molecule has 0 saturated heterocycles. The Labute approximate surface area is 308 Å². The van der Waals surface area contributed by atoms with Gasteiger partial charge in [-0.1, -0.05) is 0 Å². The van der Waals surface area contributed by atoms with Crippen LogP contribution in [0.1, 0.15) is 9.75 Å². The molecule has 2 atom stereocenters. The van der Waals surface area contributed by atoms with Gasteiger partial charge < -0.3 is 25.2 Å². The second-order valence-electron chi connectivity index (χ2n) is 11.7. The van der Waals surface area contributed by atoms with E-state index in [0.29, 0.717) is 33.7 Å². The van der Waals surface area contributed by atoms with Crippen LogP contribution < -0.4 is 10.6 Å². The van der Waals surface area contributed by atoms with E-state index in [0.717, 1.165) is 40.2 Å². The second-order valence-corrected chi connectivity index (χ2v) is 14.9. The molecule has 0 saturated carbocycles. The van der Waals surface area contributed by atoms with Gasteiger partial charge in [0.05, 0.1) is 68.7 Å². The molecule has 6 nitrogen and oxygen atoms in total. The van der Waals surface area contributed by atoms with Gasteiger partial charge in [0.15, 0.2) is 23.3 Å². The minimum Gasteiger partial charge on any atom is -0.340 e. The Balaban J connectivity index is 1.46. The zero-order valence-corrected chi connectivity index (χ0v) is 29.2. The van der Waals surface area contributed by atoms with Crippen LogP contribution in [0, 0.1) is 16.7 Å². The molecule has 55 heavy (non-hydrogen) atoms. The fraction of sp³-hybridized carbons (Fsp3) is 0.188. The lowest BCUT2D eigenvalue weighted by molar-refractivity contribution is -0.0698. The Hall–Kier alpha value is -5.08. The molecule has 0 bridgehead atoms. The highest BCUT2D eigenvalue weighted by Crippen LogP contribution is 2.53. The first kappa shape index (κ1) is 38.2. The lowest BCUT2D eigenvalue weighted by Crippen LogP contribution is -2.30. The molecule has 0 amide bonds. The summed E-state index contributed by atoms with van der Waals surface area (Å²) in [5.74, 6) is -13.1. The number of hydrogen-bond donors (Lipinski definition) is 3. The van der Waals surface area contributed by atoms with Gasteiger partial charge in [-0.05, 0) is 12.1 Å². The average molecular weight is 845 g/mol. The van der Waals surface area contributed by atoms with E-state index in [1.807, 2.05) is 0 Å². The summed E-state index contributed by atoms with van der Waals surface area (Å²) in [6.07, 6.45) is -17.2. The van der Waals surface area contributed by atoms with Crippen LogP contribution in [0.4, 0.5) is 61.5 Å². The number of thiophene rings is 3. The number of nitrogens with one attached hydrogen (secondary N) is 3. The molecular formula is C32H14F14N6S3. The number of nitrogens with zero attached hydrogens (tertiary/aromatic N) is 3. The van der Waals surface area contributed by atoms with Crippen LogP contribution in [0.3, 0.4) is 0 Å². The maximum Gasteiger partial charge on any atom is 0.419 e. The lowest BCUT2D eigenvalue weighted by atomic mass is 9.95. The normalized spacial score (nSPS) is 19.9. The van der Waals surface area contributed by atoms with Crippen LogP contribution in [-0.2, 0) is 14.1 Å². The predicted octanol–water partition coefficient (Wildman–Crippen LogP) is 11.4. The Bertz CT molecular complexity index is 2780. The summed E-state index contributed by atoms with van der Waals surface area (Å²) in [6, 6.07) is 2.94. The van der Waals surface area contributed by atoms with Crippen molar-refractivity contribution < 1.29 is 61.5 Å². The van der Waals surface area contributed by atoms with Gasteiger partial charge in [0.2, 0.25) is 24.5 Å². The van der Waals surface area contributed by atoms with Crippen LogP contribution in [0.25, 0.3) is 52.0 Å². The molecule has 0 radical (unpaired) electrons. The fourth-order valence-corrected chi connectivity index (χ4v) is 10.6. The van der Waals surface area contributed by atoms with Crippen molar-refractivity contribution in [2.45, 2.75) is 24.9 Å². The summed E-state index contributed by atoms with van der Waals surface area (Å²) in [5, 5.41) is 19.5. The first-order chi connectivity index (χ1) is 25.6. The zero-order chi connectivity index (χ0) is 40.4. The number of aryl methyl sites for hydroxylation is 2. The van der Waals surface area contributed by atoms with E-state index in [1.54, 1.807) is 0 Å². The van der Waals surface area contributed by atoms with Gasteiger partial charge >= 0.3 is 12.4 Å². The number of allylic oxidation sites excluding steroid dienone is 8. The number of nitriles is 1. The van der Waals surface area contributed by atoms with Gasteiger partial charge in [-0.3, -0.25) is 0 Å². The predicted molar refractivity (Wildman–Crippen MR) is 179 cm³/mol. The number of aromatic nitrogens is 2. The van der Waals surface area contributed by atoms with Gasteiger partial charge in [0.25, 0.3) is 0 Å². The van der Waals surface area contributed by atoms with Crippen LogP contribution in [0.2, 0.25) is 0 Å². The molecule has 2 unspecified atom stereocenters. The third-order valence-corrected chi connectivity index (χ3v) is 12.5. The van der Waals surface area contributed by atoms with Crippen molar-refractivity contribution >= 4 is 92.2 Å². The monoisotopic (exact) mass is 844 g/mol. The Morgan fingerprint density at radius 1 is 0.709 bits per heavy atom. The molecule has 3 N–H and O–H groups in total. The van der Waals surface area contributed by atoms with Crippen molar-refractivity contribution in [3.63, 3.8) is 0 Å². The maximum absolute atomic E-state index is 14.7. The number of halogens is 14. The van der Waals surface area contributed by atoms with E-state index in [4.69, 9.17) is 5.41 Å². The Morgan fingerprint density at radius 3 is 1.55 bits per heavy atom. The minimum atomic E-state index is -5.51. The van der Waals surface area contributed by atoms with Gasteiger partial charge in [0, 0.05) is 35.6 Å². The van der Waals surface area contributed by atoms with E-state index in [1.165, 1.54) is 23.2 Å². The smallest absolute Gasteiger partial charge is 0.340 e. The highest BCUT2D eigenvalue weighted by molar-refractivity contribution is 7.34. The fourth-order valence-electron chi connectivity index (χ4n) is 6.39. The number of rotatable bonds is 5. The molecule has 7 heterocycles. The van der Waals surface area contributed by atoms with E-state index >= 15 is 0 Å². The standard InChI is InChI=1S/C32H14F14N6S3/c1-51-9-3-11(15(31(41,42)43)7(5-47)13-17(33)27(37)49-28(38)18(13)34)53-23(9)25-21(51)22-26(55-25)24-10(52(22)2)4-12(54-24)16(32(44,45)46)8(6-48)14-19(35)29(39)50-30(40)20(14)36/h3-5,27,29,47,49-50H,1-2H3/b15-7-,16-8-,47-5?. The second kappa shape index (κ2) is 12.7. The van der Waals surface area contributed by atoms with E-state index in [2.05, 4.69) is 0 Å². The van der Waals surface area contributed by atoms with Crippen LogP contribution in [-0.4, -0.2) is 40.3 Å². The summed E-state index contributed by atoms with van der Waals surface area (Å²) in [7, 11) is 2.85. The van der Waals surface area contributed by atoms with Crippen molar-refractivity contribution in [1.29, 1.82) is 10.7 Å². The zero-order valence-electron chi connectivity index (χ0n) is 26.7. The lowest BCUT2D eigenvalue weighted by Gasteiger charge is -2.21. The van der Waals surface area contributed by atoms with E-state index in [-0.39, 0.29) is 36.0 Å². The third kappa shape index (κ3) is 5.58. The van der Waals surface area contributed by atoms with Crippen molar-refractivity contribution in [2.24, 2.45) is 14.1 Å². The molecule has 2 aliphatic rings. The van der Waals surface area contributed by atoms with Crippen LogP contribution in [0.5, 0.6) is 0 Å². The molecule has 0 aromatic carbocycles. The molecule has 23 heteroatoms.